The molecule has 0 radical (unpaired) electrons. The van der Waals surface area contributed by atoms with Gasteiger partial charge in [-0.3, -0.25) is 33.3 Å². The predicted molar refractivity (Wildman–Crippen MR) is 380 cm³/mol. The van der Waals surface area contributed by atoms with Crippen LogP contribution in [0.4, 0.5) is 0 Å². The number of rotatable bonds is 64. The molecule has 3 atom stereocenters. The van der Waals surface area contributed by atoms with Gasteiger partial charge in [-0.15, -0.1) is 0 Å². The smallest absolute Gasteiger partial charge is 0.325 e. The quantitative estimate of drug-likeness (QED) is 0.0129. The van der Waals surface area contributed by atoms with Gasteiger partial charge in [-0.1, -0.05) is 324 Å². The average Bonchev–Trinajstić information content (AvgIpc) is 1.05. The van der Waals surface area contributed by atoms with Crippen LogP contribution in [-0.4, -0.2) is 90.7 Å². The molecule has 0 bridgehead atoms. The first-order valence-electron chi connectivity index (χ1n) is 36.6. The minimum absolute atomic E-state index is 0. The molecule has 0 aromatic carbocycles. The van der Waals surface area contributed by atoms with Gasteiger partial charge >= 0.3 is 35.8 Å². The first-order valence-corrected chi connectivity index (χ1v) is 38.1. The van der Waals surface area contributed by atoms with E-state index in [-0.39, 0.29) is 73.2 Å². The zero-order chi connectivity index (χ0) is 65.8. The van der Waals surface area contributed by atoms with Gasteiger partial charge in [0.2, 0.25) is 0 Å². The summed E-state index contributed by atoms with van der Waals surface area (Å²) >= 11 is 0. The Morgan fingerprint density at radius 2 is 0.489 bits per heavy atom. The number of unbranched alkanes of at least 4 members (excludes halogenated alkanes) is 42. The number of aliphatic carboxylic acids is 2. The van der Waals surface area contributed by atoms with Gasteiger partial charge in [-0.05, 0) is 38.5 Å². The highest BCUT2D eigenvalue weighted by Crippen LogP contribution is 2.22. The normalized spacial score (nSPS) is 11.7. The predicted octanol–water partition coefficient (Wildman–Crippen LogP) is 21.2. The SMILES string of the molecule is CCCCCCCCCCCCC(CC(=O)OCCCCCCCCC)C(=O)OCCCCCCCCC.CCCCCCCCCCCCC(CC(=O)OCCCCCCCCC)C(=O)OCCCCCCCCC.N.N.N.N.O=C(O)CC(C(=O)O)S(=O)(=O)O. The van der Waals surface area contributed by atoms with E-state index in [4.69, 9.17) is 33.7 Å². The maximum atomic E-state index is 12.8. The molecule has 0 aromatic heterocycles. The Labute approximate surface area is 564 Å². The van der Waals surface area contributed by atoms with Gasteiger partial charge in [-0.25, -0.2) is 0 Å². The molecule has 19 nitrogen and oxygen atoms in total. The number of carbonyl (C=O) groups excluding carboxylic acids is 4. The monoisotopic (exact) mass is 1340 g/mol. The van der Waals surface area contributed by atoms with Crippen LogP contribution in [0.1, 0.15) is 382 Å². The molecule has 0 saturated heterocycles. The van der Waals surface area contributed by atoms with E-state index in [1.807, 2.05) is 0 Å². The Hall–Kier alpha value is -3.43. The van der Waals surface area contributed by atoms with E-state index in [2.05, 4.69) is 41.5 Å². The zero-order valence-electron chi connectivity index (χ0n) is 60.5. The van der Waals surface area contributed by atoms with Crippen LogP contribution in [0.15, 0.2) is 0 Å². The Morgan fingerprint density at radius 1 is 0.293 bits per heavy atom. The molecule has 0 heterocycles. The van der Waals surface area contributed by atoms with Crippen molar-refractivity contribution in [3.8, 4) is 0 Å². The Bertz CT molecular complexity index is 1620. The fraction of sp³-hybridized carbons (Fsp3) is 0.917. The van der Waals surface area contributed by atoms with Crippen LogP contribution in [0.5, 0.6) is 0 Å². The van der Waals surface area contributed by atoms with Crippen LogP contribution in [0.2, 0.25) is 0 Å². The van der Waals surface area contributed by atoms with E-state index in [0.29, 0.717) is 26.4 Å². The molecule has 0 aliphatic carbocycles. The van der Waals surface area contributed by atoms with Crippen molar-refractivity contribution in [1.29, 1.82) is 0 Å². The van der Waals surface area contributed by atoms with Crippen molar-refractivity contribution in [1.82, 2.24) is 24.6 Å². The summed E-state index contributed by atoms with van der Waals surface area (Å²) in [6, 6.07) is 0. The molecule has 0 aromatic rings. The maximum absolute atomic E-state index is 12.8. The molecule has 554 valence electrons. The molecule has 92 heavy (non-hydrogen) atoms. The molecule has 0 fully saturated rings. The number of carboxylic acid groups (broad SMARTS) is 2. The number of carbonyl (C=O) groups is 6. The summed E-state index contributed by atoms with van der Waals surface area (Å²) in [5, 5.41) is 13.9. The summed E-state index contributed by atoms with van der Waals surface area (Å²) in [7, 11) is -4.84. The highest BCUT2D eigenvalue weighted by molar-refractivity contribution is 7.87. The number of carboxylic acids is 2. The van der Waals surface area contributed by atoms with E-state index in [9.17, 15) is 37.2 Å². The molecule has 0 spiro atoms. The lowest BCUT2D eigenvalue weighted by Gasteiger charge is -2.16. The lowest BCUT2D eigenvalue weighted by atomic mass is 9.97. The molecule has 0 saturated carbocycles. The Balaban J connectivity index is -0.000000256. The summed E-state index contributed by atoms with van der Waals surface area (Å²) in [4.78, 5) is 70.6. The fourth-order valence-electron chi connectivity index (χ4n) is 10.6. The minimum Gasteiger partial charge on any atom is -0.481 e. The van der Waals surface area contributed by atoms with E-state index >= 15 is 0 Å². The van der Waals surface area contributed by atoms with Crippen LogP contribution >= 0.6 is 0 Å². The lowest BCUT2D eigenvalue weighted by Crippen LogP contribution is -2.31. The van der Waals surface area contributed by atoms with Crippen molar-refractivity contribution in [3.05, 3.63) is 0 Å². The summed E-state index contributed by atoms with van der Waals surface area (Å²) in [5.41, 5.74) is 0. The van der Waals surface area contributed by atoms with Gasteiger partial charge in [0.15, 0.2) is 5.25 Å². The second-order valence-electron chi connectivity index (χ2n) is 24.9. The number of esters is 4. The molecule has 0 amide bonds. The van der Waals surface area contributed by atoms with Gasteiger partial charge in [0, 0.05) is 0 Å². The van der Waals surface area contributed by atoms with Crippen LogP contribution in [0.3, 0.4) is 0 Å². The topological polar surface area (TPSA) is 374 Å². The summed E-state index contributed by atoms with van der Waals surface area (Å²) in [6.07, 6.45) is 59.6. The molecule has 3 unspecified atom stereocenters. The Morgan fingerprint density at radius 3 is 0.674 bits per heavy atom. The highest BCUT2D eigenvalue weighted by atomic mass is 32.2. The van der Waals surface area contributed by atoms with E-state index in [1.165, 1.54) is 231 Å². The molecule has 15 N–H and O–H groups in total. The zero-order valence-corrected chi connectivity index (χ0v) is 61.3. The molecule has 0 aliphatic heterocycles. The van der Waals surface area contributed by atoms with Crippen molar-refractivity contribution >= 4 is 45.9 Å². The van der Waals surface area contributed by atoms with Gasteiger partial charge < -0.3 is 53.8 Å². The van der Waals surface area contributed by atoms with Crippen LogP contribution < -0.4 is 24.6 Å². The standard InChI is InChI=1S/2C34H66O4.C4H6O7S.4H3N/c2*1-4-7-10-13-16-17-18-19-22-25-28-32(34(36)38-30-27-24-21-15-12-9-6-3)31-33(35)37-29-26-23-20-14-11-8-5-2;5-3(6)1-2(4(7)8)12(9,10)11;;;;/h2*32H,4-31H2,1-3H3;2H,1H2,(H,5,6)(H,7,8)(H,9,10,11);4*1H3. The summed E-state index contributed by atoms with van der Waals surface area (Å²) in [6.45, 7) is 15.4. The van der Waals surface area contributed by atoms with Gasteiger partial charge in [-0.2, -0.15) is 8.42 Å². The van der Waals surface area contributed by atoms with Gasteiger partial charge in [0.1, 0.15) is 0 Å². The third-order valence-electron chi connectivity index (χ3n) is 16.3. The summed E-state index contributed by atoms with van der Waals surface area (Å²) < 4.78 is 50.9. The van der Waals surface area contributed by atoms with Crippen molar-refractivity contribution in [2.75, 3.05) is 26.4 Å². The molecular weight excluding hydrogens is 1190 g/mol. The van der Waals surface area contributed by atoms with Crippen molar-refractivity contribution < 1.29 is 70.9 Å². The summed E-state index contributed by atoms with van der Waals surface area (Å²) in [5.74, 6) is -5.06. The van der Waals surface area contributed by atoms with E-state index in [0.717, 1.165) is 89.9 Å². The molecular formula is C72H150N4O15S. The molecule has 0 rings (SSSR count). The molecule has 20 heteroatoms. The van der Waals surface area contributed by atoms with Crippen molar-refractivity contribution in [2.24, 2.45) is 11.8 Å². The van der Waals surface area contributed by atoms with Gasteiger partial charge in [0.05, 0.1) is 57.5 Å². The van der Waals surface area contributed by atoms with Crippen LogP contribution in [-0.2, 0) is 57.8 Å². The van der Waals surface area contributed by atoms with Gasteiger partial charge in [0.25, 0.3) is 10.1 Å². The first-order chi connectivity index (χ1) is 42.5. The third kappa shape index (κ3) is 77.3. The van der Waals surface area contributed by atoms with Crippen LogP contribution in [0.25, 0.3) is 0 Å². The third-order valence-corrected chi connectivity index (χ3v) is 17.4. The highest BCUT2D eigenvalue weighted by Gasteiger charge is 2.33. The van der Waals surface area contributed by atoms with Crippen molar-refractivity contribution in [3.63, 3.8) is 0 Å². The Kier molecular flexibility index (Phi) is 88.8. The number of hydrogen-bond acceptors (Lipinski definition) is 16. The van der Waals surface area contributed by atoms with Crippen molar-refractivity contribution in [2.45, 2.75) is 387 Å². The lowest BCUT2D eigenvalue weighted by molar-refractivity contribution is -0.155. The largest absolute Gasteiger partial charge is 0.481 e. The average molecular weight is 1340 g/mol. The van der Waals surface area contributed by atoms with E-state index in [1.54, 1.807) is 0 Å². The number of hydrogen-bond donors (Lipinski definition) is 7. The number of ether oxygens (including phenoxy) is 4. The maximum Gasteiger partial charge on any atom is 0.325 e. The second kappa shape index (κ2) is 80.0. The van der Waals surface area contributed by atoms with Crippen LogP contribution in [0, 0.1) is 11.8 Å². The fourth-order valence-corrected chi connectivity index (χ4v) is 11.2. The molecule has 0 aliphatic rings. The minimum atomic E-state index is -4.84. The van der Waals surface area contributed by atoms with E-state index < -0.39 is 33.7 Å². The first kappa shape index (κ1) is 102. The second-order valence-corrected chi connectivity index (χ2v) is 26.5.